The summed E-state index contributed by atoms with van der Waals surface area (Å²) >= 11 is 0. The zero-order chi connectivity index (χ0) is 18.1. The minimum atomic E-state index is -0.0341. The lowest BCUT2D eigenvalue weighted by Gasteiger charge is -2.35. The number of rotatable bonds is 3. The molecule has 0 aromatic heterocycles. The minimum Gasteiger partial charge on any atom is -0.454 e. The average Bonchev–Trinajstić information content (AvgIpc) is 3.29. The van der Waals surface area contributed by atoms with E-state index in [-0.39, 0.29) is 24.6 Å². The van der Waals surface area contributed by atoms with Crippen molar-refractivity contribution in [1.82, 2.24) is 9.80 Å². The zero-order valence-corrected chi connectivity index (χ0v) is 14.9. The van der Waals surface area contributed by atoms with Gasteiger partial charge in [0.1, 0.15) is 0 Å². The van der Waals surface area contributed by atoms with Crippen LogP contribution in [0.2, 0.25) is 0 Å². The SMILES string of the molecule is N[C@@H]1CCC[C@H]1CC(=O)N1CCN(C(=O)c2ccc3c(c2)OCO3)CC1. The van der Waals surface area contributed by atoms with Crippen molar-refractivity contribution < 1.29 is 19.1 Å². The van der Waals surface area contributed by atoms with Crippen molar-refractivity contribution in [3.05, 3.63) is 23.8 Å². The molecule has 7 heteroatoms. The van der Waals surface area contributed by atoms with Gasteiger partial charge in [-0.1, -0.05) is 6.42 Å². The summed E-state index contributed by atoms with van der Waals surface area (Å²) in [6, 6.07) is 5.41. The molecule has 7 nitrogen and oxygen atoms in total. The largest absolute Gasteiger partial charge is 0.454 e. The van der Waals surface area contributed by atoms with Crippen LogP contribution in [0.1, 0.15) is 36.0 Å². The fourth-order valence-corrected chi connectivity index (χ4v) is 4.04. The first-order chi connectivity index (χ1) is 12.6. The van der Waals surface area contributed by atoms with Gasteiger partial charge in [0.15, 0.2) is 11.5 Å². The Morgan fingerprint density at radius 3 is 2.50 bits per heavy atom. The Hall–Kier alpha value is -2.28. The lowest BCUT2D eigenvalue weighted by Crippen LogP contribution is -2.51. The molecule has 2 aliphatic heterocycles. The molecule has 2 atom stereocenters. The first kappa shape index (κ1) is 17.1. The van der Waals surface area contributed by atoms with Crippen molar-refractivity contribution in [2.24, 2.45) is 11.7 Å². The van der Waals surface area contributed by atoms with Crippen LogP contribution < -0.4 is 15.2 Å². The lowest BCUT2D eigenvalue weighted by atomic mass is 9.99. The summed E-state index contributed by atoms with van der Waals surface area (Å²) in [6.45, 7) is 2.46. The fraction of sp³-hybridized carbons (Fsp3) is 0.579. The summed E-state index contributed by atoms with van der Waals surface area (Å²) in [7, 11) is 0. The normalized spacial score (nSPS) is 24.8. The third-order valence-electron chi connectivity index (χ3n) is 5.69. The van der Waals surface area contributed by atoms with Gasteiger partial charge in [-0.3, -0.25) is 9.59 Å². The number of ether oxygens (including phenoxy) is 2. The van der Waals surface area contributed by atoms with Gasteiger partial charge in [0, 0.05) is 44.2 Å². The standard InChI is InChI=1S/C19H25N3O4/c20-15-3-1-2-13(15)11-18(23)21-6-8-22(9-7-21)19(24)14-4-5-16-17(10-14)26-12-25-16/h4-5,10,13,15H,1-3,6-9,11-12,20H2/t13-,15+/m0/s1. The summed E-state index contributed by atoms with van der Waals surface area (Å²) < 4.78 is 10.6. The molecule has 0 spiro atoms. The molecule has 0 radical (unpaired) electrons. The van der Waals surface area contributed by atoms with E-state index in [9.17, 15) is 9.59 Å². The minimum absolute atomic E-state index is 0.0341. The van der Waals surface area contributed by atoms with E-state index in [0.29, 0.717) is 55.6 Å². The third-order valence-corrected chi connectivity index (χ3v) is 5.69. The third kappa shape index (κ3) is 3.35. The Labute approximate surface area is 153 Å². The van der Waals surface area contributed by atoms with E-state index in [1.807, 2.05) is 4.90 Å². The molecule has 2 heterocycles. The summed E-state index contributed by atoms with van der Waals surface area (Å²) in [5.41, 5.74) is 6.67. The van der Waals surface area contributed by atoms with E-state index in [0.717, 1.165) is 19.3 Å². The van der Waals surface area contributed by atoms with Gasteiger partial charge in [-0.25, -0.2) is 0 Å². The van der Waals surface area contributed by atoms with Crippen LogP contribution in [-0.2, 0) is 4.79 Å². The molecule has 0 bridgehead atoms. The van der Waals surface area contributed by atoms with E-state index >= 15 is 0 Å². The van der Waals surface area contributed by atoms with Crippen LogP contribution in [-0.4, -0.2) is 60.6 Å². The molecule has 0 unspecified atom stereocenters. The number of fused-ring (bicyclic) bond motifs is 1. The number of carbonyl (C=O) groups is 2. The van der Waals surface area contributed by atoms with Gasteiger partial charge in [0.25, 0.3) is 5.91 Å². The van der Waals surface area contributed by atoms with Gasteiger partial charge in [-0.05, 0) is 37.0 Å². The highest BCUT2D eigenvalue weighted by atomic mass is 16.7. The maximum atomic E-state index is 12.7. The Morgan fingerprint density at radius 2 is 1.77 bits per heavy atom. The van der Waals surface area contributed by atoms with Crippen LogP contribution >= 0.6 is 0 Å². The van der Waals surface area contributed by atoms with Crippen LogP contribution in [0.4, 0.5) is 0 Å². The monoisotopic (exact) mass is 359 g/mol. The molecular formula is C19H25N3O4. The maximum absolute atomic E-state index is 12.7. The van der Waals surface area contributed by atoms with Gasteiger partial charge in [0.2, 0.25) is 12.7 Å². The number of amides is 2. The summed E-state index contributed by atoms with van der Waals surface area (Å²) in [5.74, 6) is 1.73. The van der Waals surface area contributed by atoms with Crippen molar-refractivity contribution in [3.63, 3.8) is 0 Å². The molecule has 4 rings (SSSR count). The highest BCUT2D eigenvalue weighted by molar-refractivity contribution is 5.95. The molecule has 3 aliphatic rings. The number of benzene rings is 1. The molecule has 1 aromatic carbocycles. The average molecular weight is 359 g/mol. The van der Waals surface area contributed by atoms with E-state index in [2.05, 4.69) is 0 Å². The number of nitrogens with zero attached hydrogens (tertiary/aromatic N) is 2. The molecule has 1 aliphatic carbocycles. The van der Waals surface area contributed by atoms with Crippen LogP contribution in [0.3, 0.4) is 0 Å². The van der Waals surface area contributed by atoms with E-state index in [1.54, 1.807) is 23.1 Å². The number of carbonyl (C=O) groups excluding carboxylic acids is 2. The van der Waals surface area contributed by atoms with Crippen molar-refractivity contribution in [2.45, 2.75) is 31.7 Å². The molecule has 2 N–H and O–H groups in total. The summed E-state index contributed by atoms with van der Waals surface area (Å²) in [5, 5.41) is 0. The summed E-state index contributed by atoms with van der Waals surface area (Å²) in [4.78, 5) is 28.9. The van der Waals surface area contributed by atoms with Crippen LogP contribution in [0, 0.1) is 5.92 Å². The van der Waals surface area contributed by atoms with Crippen molar-refractivity contribution in [1.29, 1.82) is 0 Å². The molecular weight excluding hydrogens is 334 g/mol. The van der Waals surface area contributed by atoms with Crippen LogP contribution in [0.15, 0.2) is 18.2 Å². The molecule has 2 fully saturated rings. The van der Waals surface area contributed by atoms with Crippen LogP contribution in [0.25, 0.3) is 0 Å². The van der Waals surface area contributed by atoms with Crippen LogP contribution in [0.5, 0.6) is 11.5 Å². The lowest BCUT2D eigenvalue weighted by molar-refractivity contribution is -0.133. The van der Waals surface area contributed by atoms with Crippen molar-refractivity contribution in [2.75, 3.05) is 33.0 Å². The number of hydrogen-bond acceptors (Lipinski definition) is 5. The van der Waals surface area contributed by atoms with Crippen molar-refractivity contribution >= 4 is 11.8 Å². The van der Waals surface area contributed by atoms with Crippen molar-refractivity contribution in [3.8, 4) is 11.5 Å². The quantitative estimate of drug-likeness (QED) is 0.877. The molecule has 1 aromatic rings. The number of piperazine rings is 1. The molecule has 1 saturated carbocycles. The Balaban J connectivity index is 1.31. The molecule has 26 heavy (non-hydrogen) atoms. The highest BCUT2D eigenvalue weighted by Crippen LogP contribution is 2.33. The zero-order valence-electron chi connectivity index (χ0n) is 14.9. The predicted molar refractivity (Wildman–Crippen MR) is 95.0 cm³/mol. The molecule has 1 saturated heterocycles. The first-order valence-electron chi connectivity index (χ1n) is 9.34. The second-order valence-electron chi connectivity index (χ2n) is 7.30. The molecule has 2 amide bonds. The number of nitrogens with two attached hydrogens (primary N) is 1. The predicted octanol–water partition coefficient (Wildman–Crippen LogP) is 1.22. The van der Waals surface area contributed by atoms with E-state index in [4.69, 9.17) is 15.2 Å². The second kappa shape index (κ2) is 7.15. The fourth-order valence-electron chi connectivity index (χ4n) is 4.04. The Bertz CT molecular complexity index is 700. The van der Waals surface area contributed by atoms with Gasteiger partial charge in [-0.2, -0.15) is 0 Å². The summed E-state index contributed by atoms with van der Waals surface area (Å²) in [6.07, 6.45) is 3.74. The number of hydrogen-bond donors (Lipinski definition) is 1. The second-order valence-corrected chi connectivity index (χ2v) is 7.30. The smallest absolute Gasteiger partial charge is 0.254 e. The molecule has 140 valence electrons. The highest BCUT2D eigenvalue weighted by Gasteiger charge is 2.30. The Kier molecular flexibility index (Phi) is 4.72. The maximum Gasteiger partial charge on any atom is 0.254 e. The van der Waals surface area contributed by atoms with E-state index < -0.39 is 0 Å². The van der Waals surface area contributed by atoms with E-state index in [1.165, 1.54) is 0 Å². The van der Waals surface area contributed by atoms with Gasteiger partial charge in [-0.15, -0.1) is 0 Å². The first-order valence-corrected chi connectivity index (χ1v) is 9.34. The van der Waals surface area contributed by atoms with Gasteiger partial charge >= 0.3 is 0 Å². The van der Waals surface area contributed by atoms with Gasteiger partial charge in [0.05, 0.1) is 0 Å². The topological polar surface area (TPSA) is 85.1 Å². The van der Waals surface area contributed by atoms with Gasteiger partial charge < -0.3 is 25.0 Å². The Morgan fingerprint density at radius 1 is 1.04 bits per heavy atom.